The SMILES string of the molecule is Cc1ncsc1C(=O)NC1(CBr)CCC1. The van der Waals surface area contributed by atoms with E-state index >= 15 is 0 Å². The van der Waals surface area contributed by atoms with Gasteiger partial charge in [0.15, 0.2) is 0 Å². The first-order valence-corrected chi connectivity index (χ1v) is 6.95. The van der Waals surface area contributed by atoms with Gasteiger partial charge in [-0.1, -0.05) is 15.9 Å². The third-order valence-corrected chi connectivity index (χ3v) is 4.90. The Labute approximate surface area is 101 Å². The Balaban J connectivity index is 2.07. The molecule has 0 aliphatic heterocycles. The summed E-state index contributed by atoms with van der Waals surface area (Å²) in [5.41, 5.74) is 2.53. The van der Waals surface area contributed by atoms with Crippen molar-refractivity contribution in [2.75, 3.05) is 5.33 Å². The van der Waals surface area contributed by atoms with Gasteiger partial charge in [0.05, 0.1) is 16.7 Å². The summed E-state index contributed by atoms with van der Waals surface area (Å²) in [7, 11) is 0. The highest BCUT2D eigenvalue weighted by atomic mass is 79.9. The molecule has 0 spiro atoms. The zero-order valence-electron chi connectivity index (χ0n) is 8.55. The van der Waals surface area contributed by atoms with E-state index in [0.29, 0.717) is 0 Å². The highest BCUT2D eigenvalue weighted by Gasteiger charge is 2.37. The summed E-state index contributed by atoms with van der Waals surface area (Å²) in [6.07, 6.45) is 3.34. The van der Waals surface area contributed by atoms with Crippen molar-refractivity contribution in [2.45, 2.75) is 31.7 Å². The average molecular weight is 289 g/mol. The summed E-state index contributed by atoms with van der Waals surface area (Å²) in [6, 6.07) is 0. The molecule has 0 atom stereocenters. The Hall–Kier alpha value is -0.420. The highest BCUT2D eigenvalue weighted by molar-refractivity contribution is 9.09. The second-order valence-electron chi connectivity index (χ2n) is 3.99. The largest absolute Gasteiger partial charge is 0.345 e. The van der Waals surface area contributed by atoms with Gasteiger partial charge in [0.1, 0.15) is 4.88 Å². The number of nitrogens with one attached hydrogen (secondary N) is 1. The van der Waals surface area contributed by atoms with Crippen LogP contribution in [-0.4, -0.2) is 21.8 Å². The molecule has 1 saturated carbocycles. The number of halogens is 1. The fraction of sp³-hybridized carbons (Fsp3) is 0.600. The van der Waals surface area contributed by atoms with Crippen LogP contribution in [0, 0.1) is 6.92 Å². The second kappa shape index (κ2) is 4.22. The molecule has 82 valence electrons. The molecule has 2 rings (SSSR count). The average Bonchev–Trinajstić information content (AvgIpc) is 2.58. The van der Waals surface area contributed by atoms with Crippen LogP contribution in [0.4, 0.5) is 0 Å². The molecule has 1 amide bonds. The first-order chi connectivity index (χ1) is 7.17. The number of hydrogen-bond acceptors (Lipinski definition) is 3. The van der Waals surface area contributed by atoms with E-state index in [1.807, 2.05) is 6.92 Å². The monoisotopic (exact) mass is 288 g/mol. The van der Waals surface area contributed by atoms with Gasteiger partial charge in [-0.2, -0.15) is 0 Å². The Bertz CT molecular complexity index is 368. The Kier molecular flexibility index (Phi) is 3.11. The maximum absolute atomic E-state index is 11.9. The first-order valence-electron chi connectivity index (χ1n) is 4.95. The predicted octanol–water partition coefficient (Wildman–Crippen LogP) is 2.50. The fourth-order valence-corrected chi connectivity index (χ4v) is 3.11. The summed E-state index contributed by atoms with van der Waals surface area (Å²) in [5.74, 6) is 0.0224. The lowest BCUT2D eigenvalue weighted by Crippen LogP contribution is -2.54. The quantitative estimate of drug-likeness (QED) is 0.869. The molecular weight excluding hydrogens is 276 g/mol. The number of amides is 1. The maximum atomic E-state index is 11.9. The molecule has 1 aromatic heterocycles. The molecule has 0 radical (unpaired) electrons. The second-order valence-corrected chi connectivity index (χ2v) is 5.40. The molecular formula is C10H13BrN2OS. The van der Waals surface area contributed by atoms with Crippen LogP contribution in [0.3, 0.4) is 0 Å². The van der Waals surface area contributed by atoms with Gasteiger partial charge in [-0.3, -0.25) is 4.79 Å². The molecule has 0 saturated heterocycles. The Morgan fingerprint density at radius 2 is 2.47 bits per heavy atom. The van der Waals surface area contributed by atoms with E-state index < -0.39 is 0 Å². The van der Waals surface area contributed by atoms with Gasteiger partial charge < -0.3 is 5.32 Å². The minimum atomic E-state index is -0.00644. The molecule has 1 heterocycles. The predicted molar refractivity (Wildman–Crippen MR) is 64.7 cm³/mol. The molecule has 0 unspecified atom stereocenters. The van der Waals surface area contributed by atoms with Crippen molar-refractivity contribution < 1.29 is 4.79 Å². The minimum absolute atomic E-state index is 0.00644. The van der Waals surface area contributed by atoms with Crippen molar-refractivity contribution >= 4 is 33.2 Å². The Morgan fingerprint density at radius 3 is 2.87 bits per heavy atom. The molecule has 1 N–H and O–H groups in total. The van der Waals surface area contributed by atoms with Crippen molar-refractivity contribution in [2.24, 2.45) is 0 Å². The van der Waals surface area contributed by atoms with E-state index in [1.165, 1.54) is 17.8 Å². The van der Waals surface area contributed by atoms with E-state index in [0.717, 1.165) is 28.7 Å². The molecule has 1 aliphatic carbocycles. The van der Waals surface area contributed by atoms with Gasteiger partial charge in [-0.25, -0.2) is 4.98 Å². The highest BCUT2D eigenvalue weighted by Crippen LogP contribution is 2.33. The number of alkyl halides is 1. The van der Waals surface area contributed by atoms with Crippen LogP contribution in [0.2, 0.25) is 0 Å². The van der Waals surface area contributed by atoms with Crippen LogP contribution in [0.1, 0.15) is 34.6 Å². The minimum Gasteiger partial charge on any atom is -0.345 e. The van der Waals surface area contributed by atoms with Gasteiger partial charge in [-0.15, -0.1) is 11.3 Å². The number of aromatic nitrogens is 1. The lowest BCUT2D eigenvalue weighted by Gasteiger charge is -2.41. The number of nitrogens with zero attached hydrogens (tertiary/aromatic N) is 1. The topological polar surface area (TPSA) is 42.0 Å². The van der Waals surface area contributed by atoms with Crippen LogP contribution < -0.4 is 5.32 Å². The fourth-order valence-electron chi connectivity index (χ4n) is 1.71. The van der Waals surface area contributed by atoms with E-state index in [9.17, 15) is 4.79 Å². The number of hydrogen-bond donors (Lipinski definition) is 1. The van der Waals surface area contributed by atoms with Gasteiger partial charge in [-0.05, 0) is 26.2 Å². The van der Waals surface area contributed by atoms with Gasteiger partial charge in [0.2, 0.25) is 0 Å². The number of thiazole rings is 1. The normalized spacial score (nSPS) is 18.3. The summed E-state index contributed by atoms with van der Waals surface area (Å²) < 4.78 is 0. The van der Waals surface area contributed by atoms with Crippen LogP contribution in [-0.2, 0) is 0 Å². The molecule has 3 nitrogen and oxygen atoms in total. The smallest absolute Gasteiger partial charge is 0.263 e. The lowest BCUT2D eigenvalue weighted by molar-refractivity contribution is 0.0860. The van der Waals surface area contributed by atoms with Gasteiger partial charge in [0.25, 0.3) is 5.91 Å². The van der Waals surface area contributed by atoms with Crippen LogP contribution >= 0.6 is 27.3 Å². The molecule has 1 aliphatic rings. The van der Waals surface area contributed by atoms with Gasteiger partial charge >= 0.3 is 0 Å². The van der Waals surface area contributed by atoms with Crippen molar-refractivity contribution in [3.63, 3.8) is 0 Å². The van der Waals surface area contributed by atoms with E-state index in [2.05, 4.69) is 26.2 Å². The lowest BCUT2D eigenvalue weighted by atomic mass is 9.78. The molecule has 0 aromatic carbocycles. The molecule has 1 fully saturated rings. The molecule has 15 heavy (non-hydrogen) atoms. The standard InChI is InChI=1S/C10H13BrN2OS/c1-7-8(15-6-12-7)9(14)13-10(5-11)3-2-4-10/h6H,2-5H2,1H3,(H,13,14). The van der Waals surface area contributed by atoms with Gasteiger partial charge in [0, 0.05) is 5.33 Å². The molecule has 5 heteroatoms. The van der Waals surface area contributed by atoms with Crippen LogP contribution in [0.5, 0.6) is 0 Å². The summed E-state index contributed by atoms with van der Waals surface area (Å²) in [6.45, 7) is 1.87. The molecule has 1 aromatic rings. The van der Waals surface area contributed by atoms with E-state index in [-0.39, 0.29) is 11.4 Å². The van der Waals surface area contributed by atoms with E-state index in [1.54, 1.807) is 5.51 Å². The number of carbonyl (C=O) groups excluding carboxylic acids is 1. The zero-order valence-corrected chi connectivity index (χ0v) is 10.9. The van der Waals surface area contributed by atoms with Crippen molar-refractivity contribution in [3.05, 3.63) is 16.1 Å². The zero-order chi connectivity index (χ0) is 10.9. The summed E-state index contributed by atoms with van der Waals surface area (Å²) in [4.78, 5) is 16.8. The third kappa shape index (κ3) is 2.08. The van der Waals surface area contributed by atoms with Crippen molar-refractivity contribution in [1.82, 2.24) is 10.3 Å². The Morgan fingerprint density at radius 1 is 1.73 bits per heavy atom. The van der Waals surface area contributed by atoms with Crippen LogP contribution in [0.15, 0.2) is 5.51 Å². The number of aryl methyl sites for hydroxylation is 1. The van der Waals surface area contributed by atoms with Crippen molar-refractivity contribution in [1.29, 1.82) is 0 Å². The summed E-state index contributed by atoms with van der Waals surface area (Å²) in [5, 5.41) is 3.94. The van der Waals surface area contributed by atoms with E-state index in [4.69, 9.17) is 0 Å². The maximum Gasteiger partial charge on any atom is 0.263 e. The third-order valence-electron chi connectivity index (χ3n) is 2.90. The van der Waals surface area contributed by atoms with Crippen molar-refractivity contribution in [3.8, 4) is 0 Å². The summed E-state index contributed by atoms with van der Waals surface area (Å²) >= 11 is 4.87. The number of rotatable bonds is 3. The molecule has 0 bridgehead atoms. The van der Waals surface area contributed by atoms with Crippen LogP contribution in [0.25, 0.3) is 0 Å². The first kappa shape index (κ1) is 11.1. The number of carbonyl (C=O) groups is 1.